The van der Waals surface area contributed by atoms with Gasteiger partial charge in [-0.2, -0.15) is 0 Å². The second-order valence-corrected chi connectivity index (χ2v) is 9.68. The van der Waals surface area contributed by atoms with Crippen LogP contribution in [0.4, 0.5) is 5.69 Å². The first kappa shape index (κ1) is 25.4. The number of hydrogen-bond acceptors (Lipinski definition) is 5. The Morgan fingerprint density at radius 2 is 1.83 bits per heavy atom. The molecule has 0 saturated heterocycles. The summed E-state index contributed by atoms with van der Waals surface area (Å²) in [5, 5.41) is 5.97. The van der Waals surface area contributed by atoms with Crippen molar-refractivity contribution in [2.24, 2.45) is 5.92 Å². The Kier molecular flexibility index (Phi) is 8.00. The Morgan fingerprint density at radius 3 is 2.56 bits per heavy atom. The third kappa shape index (κ3) is 6.29. The number of oxazole rings is 1. The number of benzene rings is 3. The summed E-state index contributed by atoms with van der Waals surface area (Å²) in [5.74, 6) is 1.79. The number of aromatic nitrogens is 1. The van der Waals surface area contributed by atoms with Crippen molar-refractivity contribution in [2.75, 3.05) is 11.9 Å². The summed E-state index contributed by atoms with van der Waals surface area (Å²) >= 11 is 5.34. The number of carbonyl (C=O) groups is 1. The molecule has 0 fully saturated rings. The van der Waals surface area contributed by atoms with Crippen molar-refractivity contribution in [3.05, 3.63) is 77.9 Å². The lowest BCUT2D eigenvalue weighted by Gasteiger charge is -2.12. The molecule has 7 heteroatoms. The Labute approximate surface area is 217 Å². The summed E-state index contributed by atoms with van der Waals surface area (Å²) in [7, 11) is 0. The second-order valence-electron chi connectivity index (χ2n) is 9.27. The van der Waals surface area contributed by atoms with Gasteiger partial charge in [0.25, 0.3) is 5.91 Å². The van der Waals surface area contributed by atoms with Crippen molar-refractivity contribution < 1.29 is 13.9 Å². The van der Waals surface area contributed by atoms with Gasteiger partial charge in [-0.25, -0.2) is 4.98 Å². The quantitative estimate of drug-likeness (QED) is 0.249. The fourth-order valence-electron chi connectivity index (χ4n) is 3.63. The van der Waals surface area contributed by atoms with Crippen LogP contribution in [-0.2, 0) is 0 Å². The number of amides is 1. The van der Waals surface area contributed by atoms with E-state index in [-0.39, 0.29) is 11.0 Å². The number of ether oxygens (including phenoxy) is 1. The highest BCUT2D eigenvalue weighted by molar-refractivity contribution is 7.80. The molecule has 1 heterocycles. The van der Waals surface area contributed by atoms with Gasteiger partial charge < -0.3 is 14.5 Å². The van der Waals surface area contributed by atoms with E-state index in [0.29, 0.717) is 35.6 Å². The zero-order chi connectivity index (χ0) is 25.7. The lowest BCUT2D eigenvalue weighted by atomic mass is 9.98. The first-order valence-electron chi connectivity index (χ1n) is 12.2. The number of carbonyl (C=O) groups excluding carboxylic acids is 1. The van der Waals surface area contributed by atoms with Crippen LogP contribution in [0.25, 0.3) is 22.6 Å². The Balaban J connectivity index is 1.38. The maximum absolute atomic E-state index is 12.6. The maximum atomic E-state index is 12.6. The Bertz CT molecular complexity index is 1360. The van der Waals surface area contributed by atoms with E-state index in [2.05, 4.69) is 55.4 Å². The second kappa shape index (κ2) is 11.4. The van der Waals surface area contributed by atoms with E-state index in [9.17, 15) is 4.79 Å². The van der Waals surface area contributed by atoms with Crippen LogP contribution >= 0.6 is 12.2 Å². The molecule has 0 bridgehead atoms. The van der Waals surface area contributed by atoms with Gasteiger partial charge in [0, 0.05) is 16.8 Å². The molecule has 0 aliphatic carbocycles. The van der Waals surface area contributed by atoms with Crippen molar-refractivity contribution in [1.82, 2.24) is 10.3 Å². The van der Waals surface area contributed by atoms with Gasteiger partial charge in [0.05, 0.1) is 6.61 Å². The molecule has 4 aromatic rings. The molecule has 0 saturated carbocycles. The number of thiocarbonyl (C=S) groups is 1. The molecule has 1 amide bonds. The predicted octanol–water partition coefficient (Wildman–Crippen LogP) is 7.17. The highest BCUT2D eigenvalue weighted by atomic mass is 32.1. The normalized spacial score (nSPS) is 11.9. The molecule has 3 aromatic carbocycles. The van der Waals surface area contributed by atoms with Crippen molar-refractivity contribution in [1.29, 1.82) is 0 Å². The Hall–Kier alpha value is -3.71. The van der Waals surface area contributed by atoms with Crippen LogP contribution in [0.5, 0.6) is 5.75 Å². The summed E-state index contributed by atoms with van der Waals surface area (Å²) < 4.78 is 11.7. The van der Waals surface area contributed by atoms with E-state index in [0.717, 1.165) is 28.8 Å². The number of hydrogen-bond donors (Lipinski definition) is 2. The number of nitrogens with one attached hydrogen (secondary N) is 2. The molecule has 0 aliphatic rings. The number of fused-ring (bicyclic) bond motifs is 1. The van der Waals surface area contributed by atoms with Crippen LogP contribution in [0.3, 0.4) is 0 Å². The minimum absolute atomic E-state index is 0.209. The monoisotopic (exact) mass is 501 g/mol. The molecule has 2 N–H and O–H groups in total. The molecule has 0 aliphatic heterocycles. The van der Waals surface area contributed by atoms with E-state index < -0.39 is 0 Å². The minimum Gasteiger partial charge on any atom is -0.493 e. The third-order valence-electron chi connectivity index (χ3n) is 5.89. The van der Waals surface area contributed by atoms with Crippen LogP contribution in [0.2, 0.25) is 0 Å². The number of anilines is 1. The molecule has 0 spiro atoms. The SMILES string of the molecule is CC[C@@H](C)c1ccc2oc(-c3ccc(NC(=S)NC(=O)c4cccc(OCC(C)C)c4)cc3)nc2c1. The third-order valence-corrected chi connectivity index (χ3v) is 6.09. The van der Waals surface area contributed by atoms with Crippen molar-refractivity contribution in [3.63, 3.8) is 0 Å². The molecule has 1 aromatic heterocycles. The van der Waals surface area contributed by atoms with Gasteiger partial charge in [-0.05, 0) is 90.6 Å². The molecule has 186 valence electrons. The van der Waals surface area contributed by atoms with Gasteiger partial charge in [0.2, 0.25) is 5.89 Å². The van der Waals surface area contributed by atoms with Gasteiger partial charge in [-0.15, -0.1) is 0 Å². The van der Waals surface area contributed by atoms with Crippen LogP contribution < -0.4 is 15.4 Å². The smallest absolute Gasteiger partial charge is 0.257 e. The minimum atomic E-state index is -0.303. The average Bonchev–Trinajstić information content (AvgIpc) is 3.31. The first-order valence-corrected chi connectivity index (χ1v) is 12.6. The maximum Gasteiger partial charge on any atom is 0.257 e. The van der Waals surface area contributed by atoms with Gasteiger partial charge in [0.15, 0.2) is 10.7 Å². The summed E-state index contributed by atoms with van der Waals surface area (Å²) in [6, 6.07) is 20.8. The van der Waals surface area contributed by atoms with Crippen LogP contribution in [0.15, 0.2) is 71.1 Å². The fraction of sp³-hybridized carbons (Fsp3) is 0.276. The molecule has 1 atom stereocenters. The largest absolute Gasteiger partial charge is 0.493 e. The van der Waals surface area contributed by atoms with E-state index >= 15 is 0 Å². The number of rotatable bonds is 8. The fourth-order valence-corrected chi connectivity index (χ4v) is 3.84. The van der Waals surface area contributed by atoms with Crippen molar-refractivity contribution >= 4 is 40.0 Å². The molecule has 36 heavy (non-hydrogen) atoms. The Morgan fingerprint density at radius 1 is 1.06 bits per heavy atom. The van der Waals surface area contributed by atoms with Crippen molar-refractivity contribution in [2.45, 2.75) is 40.0 Å². The van der Waals surface area contributed by atoms with Crippen LogP contribution in [0, 0.1) is 5.92 Å². The zero-order valence-corrected chi connectivity index (χ0v) is 21.8. The number of nitrogens with zero attached hydrogens (tertiary/aromatic N) is 1. The summed E-state index contributed by atoms with van der Waals surface area (Å²) in [6.45, 7) is 9.12. The molecule has 4 rings (SSSR count). The summed E-state index contributed by atoms with van der Waals surface area (Å²) in [5.41, 5.74) is 4.95. The first-order chi connectivity index (χ1) is 17.3. The van der Waals surface area contributed by atoms with Gasteiger partial charge in [-0.3, -0.25) is 10.1 Å². The van der Waals surface area contributed by atoms with E-state index in [1.807, 2.05) is 36.4 Å². The lowest BCUT2D eigenvalue weighted by Crippen LogP contribution is -2.34. The molecular weight excluding hydrogens is 470 g/mol. The molecule has 6 nitrogen and oxygen atoms in total. The van der Waals surface area contributed by atoms with E-state index in [1.54, 1.807) is 18.2 Å². The zero-order valence-electron chi connectivity index (χ0n) is 21.0. The van der Waals surface area contributed by atoms with E-state index in [1.165, 1.54) is 5.56 Å². The predicted molar refractivity (Wildman–Crippen MR) is 149 cm³/mol. The summed E-state index contributed by atoms with van der Waals surface area (Å²) in [4.78, 5) is 17.3. The van der Waals surface area contributed by atoms with Crippen LogP contribution in [0.1, 0.15) is 56.0 Å². The average molecular weight is 502 g/mol. The lowest BCUT2D eigenvalue weighted by molar-refractivity contribution is 0.0977. The molecule has 0 unspecified atom stereocenters. The highest BCUT2D eigenvalue weighted by Gasteiger charge is 2.12. The van der Waals surface area contributed by atoms with Gasteiger partial charge >= 0.3 is 0 Å². The molecule has 0 radical (unpaired) electrons. The highest BCUT2D eigenvalue weighted by Crippen LogP contribution is 2.28. The molecular formula is C29H31N3O3S. The standard InChI is InChI=1S/C29H31N3O3S/c1-5-19(4)21-11-14-26-25(16-21)31-28(35-26)20-9-12-23(13-10-20)30-29(36)32-27(33)22-7-6-8-24(15-22)34-17-18(2)3/h6-16,18-19H,5,17H2,1-4H3,(H2,30,32,33,36)/t19-/m1/s1. The van der Waals surface area contributed by atoms with Crippen molar-refractivity contribution in [3.8, 4) is 17.2 Å². The topological polar surface area (TPSA) is 76.4 Å². The van der Waals surface area contributed by atoms with Crippen LogP contribution in [-0.4, -0.2) is 22.6 Å². The van der Waals surface area contributed by atoms with E-state index in [4.69, 9.17) is 21.4 Å². The summed E-state index contributed by atoms with van der Waals surface area (Å²) in [6.07, 6.45) is 1.08. The van der Waals surface area contributed by atoms with Gasteiger partial charge in [0.1, 0.15) is 11.3 Å². The van der Waals surface area contributed by atoms with Gasteiger partial charge in [-0.1, -0.05) is 39.8 Å².